The molecule has 0 unspecified atom stereocenters. The lowest BCUT2D eigenvalue weighted by molar-refractivity contribution is -0.124. The summed E-state index contributed by atoms with van der Waals surface area (Å²) < 4.78 is 2.86. The lowest BCUT2D eigenvalue weighted by Crippen LogP contribution is -2.39. The molecular formula is C26H27Cl2N7O2. The average Bonchev–Trinajstić information content (AvgIpc) is 3.31. The topological polar surface area (TPSA) is 97.9 Å². The van der Waals surface area contributed by atoms with Crippen LogP contribution >= 0.6 is 23.2 Å². The van der Waals surface area contributed by atoms with Gasteiger partial charge in [-0.3, -0.25) is 14.2 Å². The lowest BCUT2D eigenvalue weighted by atomic mass is 10.0. The van der Waals surface area contributed by atoms with Crippen LogP contribution < -0.4 is 10.9 Å². The standard InChI is InChI=1S/C26H27Cl2N7O2/c1-33(2)12-6-11-29-26(37)23(13-18-7-4-3-5-8-18)34-17-30-21(15-25(34)36)20-14-19(27)9-10-22(20)35-16-24(28)31-32-35/h3-5,7-10,14-17,23H,6,11-13H2,1-2H3,(H,29,37)/t23-/m0/s1. The van der Waals surface area contributed by atoms with Crippen LogP contribution in [0.5, 0.6) is 0 Å². The van der Waals surface area contributed by atoms with Crippen LogP contribution in [0.1, 0.15) is 18.0 Å². The van der Waals surface area contributed by atoms with Gasteiger partial charge in [0.25, 0.3) is 5.56 Å². The minimum atomic E-state index is -0.760. The number of nitrogens with one attached hydrogen (secondary N) is 1. The van der Waals surface area contributed by atoms with E-state index < -0.39 is 6.04 Å². The van der Waals surface area contributed by atoms with Gasteiger partial charge < -0.3 is 10.2 Å². The number of carbonyl (C=O) groups is 1. The average molecular weight is 540 g/mol. The fraction of sp³-hybridized carbons (Fsp3) is 0.269. The first-order valence-electron chi connectivity index (χ1n) is 11.7. The van der Waals surface area contributed by atoms with Crippen molar-refractivity contribution in [1.82, 2.24) is 34.8 Å². The maximum atomic E-state index is 13.4. The summed E-state index contributed by atoms with van der Waals surface area (Å²) in [6, 6.07) is 15.4. The molecule has 0 saturated heterocycles. The smallest absolute Gasteiger partial charge is 0.254 e. The highest BCUT2D eigenvalue weighted by Gasteiger charge is 2.23. The zero-order valence-corrected chi connectivity index (χ0v) is 22.0. The summed E-state index contributed by atoms with van der Waals surface area (Å²) in [4.78, 5) is 33.2. The number of carbonyl (C=O) groups excluding carboxylic acids is 1. The maximum absolute atomic E-state index is 13.4. The van der Waals surface area contributed by atoms with Crippen LogP contribution in [0.2, 0.25) is 10.2 Å². The van der Waals surface area contributed by atoms with E-state index in [9.17, 15) is 9.59 Å². The van der Waals surface area contributed by atoms with E-state index in [1.807, 2.05) is 44.4 Å². The van der Waals surface area contributed by atoms with Crippen molar-refractivity contribution >= 4 is 29.1 Å². The van der Waals surface area contributed by atoms with Crippen LogP contribution in [-0.2, 0) is 11.2 Å². The van der Waals surface area contributed by atoms with Gasteiger partial charge in [-0.25, -0.2) is 9.67 Å². The third kappa shape index (κ3) is 6.82. The van der Waals surface area contributed by atoms with Crippen molar-refractivity contribution in [3.05, 3.63) is 93.2 Å². The molecule has 0 aliphatic heterocycles. The predicted octanol–water partition coefficient (Wildman–Crippen LogP) is 3.65. The zero-order chi connectivity index (χ0) is 26.4. The third-order valence-corrected chi connectivity index (χ3v) is 6.18. The number of rotatable bonds is 10. The molecule has 0 fully saturated rings. The Kier molecular flexibility index (Phi) is 8.70. The van der Waals surface area contributed by atoms with Gasteiger partial charge in [0.05, 0.1) is 23.9 Å². The van der Waals surface area contributed by atoms with Crippen LogP contribution in [0.3, 0.4) is 0 Å². The molecule has 2 aromatic carbocycles. The fourth-order valence-corrected chi connectivity index (χ4v) is 4.24. The molecule has 2 heterocycles. The minimum absolute atomic E-state index is 0.227. The number of hydrogen-bond acceptors (Lipinski definition) is 6. The van der Waals surface area contributed by atoms with E-state index in [1.54, 1.807) is 24.4 Å². The Morgan fingerprint density at radius 2 is 1.89 bits per heavy atom. The van der Waals surface area contributed by atoms with Gasteiger partial charge in [-0.2, -0.15) is 0 Å². The maximum Gasteiger partial charge on any atom is 0.254 e. The van der Waals surface area contributed by atoms with E-state index in [0.717, 1.165) is 18.5 Å². The minimum Gasteiger partial charge on any atom is -0.354 e. The van der Waals surface area contributed by atoms with Crippen LogP contribution in [0.4, 0.5) is 0 Å². The monoisotopic (exact) mass is 539 g/mol. The molecular weight excluding hydrogens is 513 g/mol. The van der Waals surface area contributed by atoms with E-state index in [0.29, 0.717) is 34.9 Å². The van der Waals surface area contributed by atoms with Crippen LogP contribution in [0.15, 0.2) is 71.9 Å². The Morgan fingerprint density at radius 1 is 1.11 bits per heavy atom. The first kappa shape index (κ1) is 26.5. The van der Waals surface area contributed by atoms with E-state index in [2.05, 4.69) is 25.5 Å². The largest absolute Gasteiger partial charge is 0.354 e. The van der Waals surface area contributed by atoms with Gasteiger partial charge in [-0.1, -0.05) is 58.7 Å². The number of halogens is 2. The third-order valence-electron chi connectivity index (χ3n) is 5.77. The normalized spacial score (nSPS) is 12.0. The van der Waals surface area contributed by atoms with Crippen LogP contribution in [0, 0.1) is 0 Å². The van der Waals surface area contributed by atoms with Crippen LogP contribution in [0.25, 0.3) is 16.9 Å². The second-order valence-corrected chi connectivity index (χ2v) is 9.64. The number of benzene rings is 2. The first-order chi connectivity index (χ1) is 17.8. The van der Waals surface area contributed by atoms with Gasteiger partial charge in [-0.05, 0) is 50.8 Å². The highest BCUT2D eigenvalue weighted by atomic mass is 35.5. The zero-order valence-electron chi connectivity index (χ0n) is 20.5. The summed E-state index contributed by atoms with van der Waals surface area (Å²) in [5.41, 5.74) is 2.14. The molecule has 192 valence electrons. The fourth-order valence-electron chi connectivity index (χ4n) is 3.95. The Balaban J connectivity index is 1.67. The quantitative estimate of drug-likeness (QED) is 0.309. The summed E-state index contributed by atoms with van der Waals surface area (Å²) in [6.07, 6.45) is 4.10. The van der Waals surface area contributed by atoms with Crippen molar-refractivity contribution in [2.45, 2.75) is 18.9 Å². The van der Waals surface area contributed by atoms with Crippen molar-refractivity contribution in [2.75, 3.05) is 27.2 Å². The number of nitrogens with zero attached hydrogens (tertiary/aromatic N) is 6. The molecule has 0 bridgehead atoms. The highest BCUT2D eigenvalue weighted by Crippen LogP contribution is 2.28. The Morgan fingerprint density at radius 3 is 2.57 bits per heavy atom. The SMILES string of the molecule is CN(C)CCCNC(=O)[C@H](Cc1ccccc1)n1cnc(-c2cc(Cl)ccc2-n2cc(Cl)nn2)cc1=O. The molecule has 37 heavy (non-hydrogen) atoms. The van der Waals surface area contributed by atoms with Gasteiger partial charge in [-0.15, -0.1) is 5.10 Å². The van der Waals surface area contributed by atoms with Crippen LogP contribution in [-0.4, -0.2) is 62.5 Å². The second-order valence-electron chi connectivity index (χ2n) is 8.82. The summed E-state index contributed by atoms with van der Waals surface area (Å²) in [6.45, 7) is 1.35. The number of amides is 1. The molecule has 11 heteroatoms. The van der Waals surface area contributed by atoms with Crippen molar-refractivity contribution in [3.63, 3.8) is 0 Å². The van der Waals surface area contributed by atoms with E-state index in [1.165, 1.54) is 21.6 Å². The van der Waals surface area contributed by atoms with E-state index in [4.69, 9.17) is 23.2 Å². The van der Waals surface area contributed by atoms with Gasteiger partial charge in [0.15, 0.2) is 5.15 Å². The molecule has 1 amide bonds. The van der Waals surface area contributed by atoms with Gasteiger partial charge in [0.2, 0.25) is 5.91 Å². The predicted molar refractivity (Wildman–Crippen MR) is 144 cm³/mol. The van der Waals surface area contributed by atoms with Crippen molar-refractivity contribution in [3.8, 4) is 16.9 Å². The highest BCUT2D eigenvalue weighted by molar-refractivity contribution is 6.31. The van der Waals surface area contributed by atoms with Gasteiger partial charge >= 0.3 is 0 Å². The van der Waals surface area contributed by atoms with Gasteiger partial charge in [0.1, 0.15) is 6.04 Å². The number of hydrogen-bond donors (Lipinski definition) is 1. The molecule has 4 aromatic rings. The van der Waals surface area contributed by atoms with Crippen molar-refractivity contribution in [2.24, 2.45) is 0 Å². The Bertz CT molecular complexity index is 1420. The lowest BCUT2D eigenvalue weighted by Gasteiger charge is -2.20. The molecule has 1 atom stereocenters. The molecule has 1 N–H and O–H groups in total. The first-order valence-corrected chi connectivity index (χ1v) is 12.5. The molecule has 4 rings (SSSR count). The van der Waals surface area contributed by atoms with E-state index in [-0.39, 0.29) is 16.6 Å². The van der Waals surface area contributed by atoms with Crippen molar-refractivity contribution < 1.29 is 4.79 Å². The Labute approximate surface area is 224 Å². The summed E-state index contributed by atoms with van der Waals surface area (Å²) in [5.74, 6) is -0.236. The van der Waals surface area contributed by atoms with E-state index >= 15 is 0 Å². The second kappa shape index (κ2) is 12.1. The van der Waals surface area contributed by atoms with Crippen molar-refractivity contribution in [1.29, 1.82) is 0 Å². The summed E-state index contributed by atoms with van der Waals surface area (Å²) in [5, 5.41) is 11.5. The van der Waals surface area contributed by atoms with Gasteiger partial charge in [0, 0.05) is 29.6 Å². The molecule has 0 radical (unpaired) electrons. The molecule has 2 aromatic heterocycles. The molecule has 0 spiro atoms. The molecule has 0 aliphatic carbocycles. The summed E-state index contributed by atoms with van der Waals surface area (Å²) in [7, 11) is 3.96. The molecule has 0 saturated carbocycles. The molecule has 0 aliphatic rings. The number of aromatic nitrogens is 5. The Hall–Kier alpha value is -3.53. The molecule has 9 nitrogen and oxygen atoms in total. The summed E-state index contributed by atoms with van der Waals surface area (Å²) >= 11 is 12.2.